The summed E-state index contributed by atoms with van der Waals surface area (Å²) in [6.45, 7) is 2.46. The minimum absolute atomic E-state index is 0.157. The van der Waals surface area contributed by atoms with Crippen LogP contribution in [0.4, 0.5) is 0 Å². The fraction of sp³-hybridized carbons (Fsp3) is 0.269. The van der Waals surface area contributed by atoms with Crippen LogP contribution in [-0.2, 0) is 24.1 Å². The van der Waals surface area contributed by atoms with Gasteiger partial charge in [-0.2, -0.15) is 0 Å². The van der Waals surface area contributed by atoms with E-state index in [1.807, 2.05) is 18.2 Å². The van der Waals surface area contributed by atoms with Crippen molar-refractivity contribution in [1.29, 1.82) is 0 Å². The average molecular weight is 372 g/mol. The first-order valence-electron chi connectivity index (χ1n) is 10.1. The highest BCUT2D eigenvalue weighted by atomic mass is 16.2. The summed E-state index contributed by atoms with van der Waals surface area (Å²) >= 11 is 0. The maximum absolute atomic E-state index is 12.5. The fourth-order valence-electron chi connectivity index (χ4n) is 3.72. The first-order chi connectivity index (χ1) is 13.7. The monoisotopic (exact) mass is 371 g/mol. The Bertz CT molecular complexity index is 830. The highest BCUT2D eigenvalue weighted by molar-refractivity contribution is 5.73. The third-order valence-corrected chi connectivity index (χ3v) is 5.25. The van der Waals surface area contributed by atoms with Crippen molar-refractivity contribution in [2.45, 2.75) is 38.6 Å². The van der Waals surface area contributed by atoms with Crippen molar-refractivity contribution >= 4 is 5.91 Å². The zero-order valence-electron chi connectivity index (χ0n) is 16.6. The molecule has 2 nitrogen and oxygen atoms in total. The Kier molecular flexibility index (Phi) is 7.43. The Morgan fingerprint density at radius 3 is 1.68 bits per heavy atom. The Balaban J connectivity index is 1.73. The van der Waals surface area contributed by atoms with E-state index in [2.05, 4.69) is 77.7 Å². The van der Waals surface area contributed by atoms with Crippen LogP contribution < -0.4 is 0 Å². The third-order valence-electron chi connectivity index (χ3n) is 5.25. The van der Waals surface area contributed by atoms with Gasteiger partial charge >= 0.3 is 0 Å². The van der Waals surface area contributed by atoms with Crippen LogP contribution in [0.3, 0.4) is 0 Å². The van der Waals surface area contributed by atoms with Crippen molar-refractivity contribution in [3.63, 3.8) is 0 Å². The van der Waals surface area contributed by atoms with Crippen LogP contribution in [0, 0.1) is 0 Å². The Hall–Kier alpha value is -2.87. The lowest BCUT2D eigenvalue weighted by atomic mass is 9.97. The van der Waals surface area contributed by atoms with Gasteiger partial charge in [0.1, 0.15) is 0 Å². The fourth-order valence-corrected chi connectivity index (χ4v) is 3.72. The van der Waals surface area contributed by atoms with Gasteiger partial charge in [-0.15, -0.1) is 0 Å². The molecule has 1 amide bonds. The predicted molar refractivity (Wildman–Crippen MR) is 116 cm³/mol. The molecule has 144 valence electrons. The van der Waals surface area contributed by atoms with E-state index in [9.17, 15) is 4.79 Å². The van der Waals surface area contributed by atoms with Crippen LogP contribution >= 0.6 is 0 Å². The summed E-state index contributed by atoms with van der Waals surface area (Å²) in [6, 6.07) is 31.7. The van der Waals surface area contributed by atoms with Gasteiger partial charge in [0, 0.05) is 19.5 Å². The molecule has 0 aliphatic rings. The molecule has 28 heavy (non-hydrogen) atoms. The highest BCUT2D eigenvalue weighted by Gasteiger charge is 2.21. The lowest BCUT2D eigenvalue weighted by Crippen LogP contribution is -2.42. The van der Waals surface area contributed by atoms with E-state index in [1.54, 1.807) is 6.92 Å². The molecule has 0 saturated carbocycles. The summed E-state index contributed by atoms with van der Waals surface area (Å²) < 4.78 is 0. The van der Waals surface area contributed by atoms with E-state index in [-0.39, 0.29) is 11.9 Å². The zero-order valence-corrected chi connectivity index (χ0v) is 16.6. The second-order valence-corrected chi connectivity index (χ2v) is 7.32. The topological polar surface area (TPSA) is 20.3 Å². The van der Waals surface area contributed by atoms with E-state index in [0.29, 0.717) is 0 Å². The minimum atomic E-state index is 0.157. The maximum Gasteiger partial charge on any atom is 0.219 e. The van der Waals surface area contributed by atoms with Crippen LogP contribution in [0.25, 0.3) is 0 Å². The molecule has 0 bridgehead atoms. The SMILES string of the molecule is CC(=O)N(CCc1ccccc1)C(CCc1ccccc1)Cc1ccccc1. The second-order valence-electron chi connectivity index (χ2n) is 7.32. The summed E-state index contributed by atoms with van der Waals surface area (Å²) in [5, 5.41) is 0. The first-order valence-corrected chi connectivity index (χ1v) is 10.1. The van der Waals surface area contributed by atoms with Crippen LogP contribution in [0.1, 0.15) is 30.0 Å². The number of carbonyl (C=O) groups excluding carboxylic acids is 1. The third kappa shape index (κ3) is 6.09. The van der Waals surface area contributed by atoms with Gasteiger partial charge in [-0.05, 0) is 42.4 Å². The van der Waals surface area contributed by atoms with Crippen molar-refractivity contribution in [2.75, 3.05) is 6.54 Å². The number of aryl methyl sites for hydroxylation is 1. The van der Waals surface area contributed by atoms with Crippen LogP contribution in [0.15, 0.2) is 91.0 Å². The lowest BCUT2D eigenvalue weighted by molar-refractivity contribution is -0.131. The van der Waals surface area contributed by atoms with Crippen molar-refractivity contribution < 1.29 is 4.79 Å². The first kappa shape index (κ1) is 19.9. The molecule has 0 N–H and O–H groups in total. The van der Waals surface area contributed by atoms with Crippen LogP contribution in [-0.4, -0.2) is 23.4 Å². The summed E-state index contributed by atoms with van der Waals surface area (Å²) in [5.74, 6) is 0.157. The van der Waals surface area contributed by atoms with E-state index in [4.69, 9.17) is 0 Å². The highest BCUT2D eigenvalue weighted by Crippen LogP contribution is 2.17. The normalized spacial score (nSPS) is 11.8. The number of carbonyl (C=O) groups is 1. The van der Waals surface area contributed by atoms with Gasteiger partial charge in [0.15, 0.2) is 0 Å². The predicted octanol–water partition coefficient (Wildman–Crippen LogP) is 5.32. The van der Waals surface area contributed by atoms with Crippen molar-refractivity contribution in [3.8, 4) is 0 Å². The summed E-state index contributed by atoms with van der Waals surface area (Å²) in [5.41, 5.74) is 3.88. The van der Waals surface area contributed by atoms with Crippen molar-refractivity contribution in [3.05, 3.63) is 108 Å². The van der Waals surface area contributed by atoms with Gasteiger partial charge in [0.25, 0.3) is 0 Å². The molecule has 3 rings (SSSR count). The van der Waals surface area contributed by atoms with Gasteiger partial charge in [0.2, 0.25) is 5.91 Å². The van der Waals surface area contributed by atoms with Crippen LogP contribution in [0.2, 0.25) is 0 Å². The molecule has 0 aliphatic heterocycles. The number of rotatable bonds is 9. The molecule has 2 heteroatoms. The molecule has 0 aromatic heterocycles. The molecule has 0 aliphatic carbocycles. The molecule has 1 unspecified atom stereocenters. The standard InChI is InChI=1S/C26H29NO/c1-22(28)27(20-19-24-13-7-3-8-14-24)26(21-25-15-9-4-10-16-25)18-17-23-11-5-2-6-12-23/h2-16,26H,17-21H2,1H3. The van der Waals surface area contributed by atoms with Gasteiger partial charge in [-0.1, -0.05) is 91.0 Å². The Morgan fingerprint density at radius 1 is 0.714 bits per heavy atom. The van der Waals surface area contributed by atoms with Crippen LogP contribution in [0.5, 0.6) is 0 Å². The smallest absolute Gasteiger partial charge is 0.219 e. The Morgan fingerprint density at radius 2 is 1.18 bits per heavy atom. The van der Waals surface area contributed by atoms with Gasteiger partial charge in [-0.3, -0.25) is 4.79 Å². The molecule has 0 radical (unpaired) electrons. The lowest BCUT2D eigenvalue weighted by Gasteiger charge is -2.31. The van der Waals surface area contributed by atoms with Gasteiger partial charge in [0.05, 0.1) is 0 Å². The van der Waals surface area contributed by atoms with Gasteiger partial charge in [-0.25, -0.2) is 0 Å². The van der Waals surface area contributed by atoms with E-state index >= 15 is 0 Å². The molecular formula is C26H29NO. The van der Waals surface area contributed by atoms with Gasteiger partial charge < -0.3 is 4.90 Å². The number of benzene rings is 3. The molecule has 1 atom stereocenters. The maximum atomic E-state index is 12.5. The number of amides is 1. The quantitative estimate of drug-likeness (QED) is 0.498. The molecule has 3 aromatic carbocycles. The summed E-state index contributed by atoms with van der Waals surface area (Å²) in [7, 11) is 0. The van der Waals surface area contributed by atoms with Crippen molar-refractivity contribution in [2.24, 2.45) is 0 Å². The average Bonchev–Trinajstić information content (AvgIpc) is 2.74. The molecule has 3 aromatic rings. The molecular weight excluding hydrogens is 342 g/mol. The van der Waals surface area contributed by atoms with E-state index < -0.39 is 0 Å². The summed E-state index contributed by atoms with van der Waals surface area (Å²) in [6.07, 6.45) is 3.72. The molecule has 0 saturated heterocycles. The van der Waals surface area contributed by atoms with E-state index in [1.165, 1.54) is 16.7 Å². The molecule has 0 fully saturated rings. The number of hydrogen-bond donors (Lipinski definition) is 0. The Labute approximate surface area is 168 Å². The van der Waals surface area contributed by atoms with Crippen molar-refractivity contribution in [1.82, 2.24) is 4.90 Å². The zero-order chi connectivity index (χ0) is 19.6. The number of hydrogen-bond acceptors (Lipinski definition) is 1. The van der Waals surface area contributed by atoms with E-state index in [0.717, 1.165) is 32.2 Å². The molecule has 0 spiro atoms. The largest absolute Gasteiger partial charge is 0.339 e. The second kappa shape index (κ2) is 10.5. The summed E-state index contributed by atoms with van der Waals surface area (Å²) in [4.78, 5) is 14.6. The minimum Gasteiger partial charge on any atom is -0.339 e. The number of nitrogens with zero attached hydrogens (tertiary/aromatic N) is 1. The molecule has 0 heterocycles.